The van der Waals surface area contributed by atoms with Gasteiger partial charge < -0.3 is 5.73 Å². The molecule has 0 spiro atoms. The third kappa shape index (κ3) is 3.51. The predicted molar refractivity (Wildman–Crippen MR) is 70.7 cm³/mol. The summed E-state index contributed by atoms with van der Waals surface area (Å²) >= 11 is 1.68. The van der Waals surface area contributed by atoms with Crippen LogP contribution in [0.25, 0.3) is 0 Å². The second kappa shape index (κ2) is 5.25. The fourth-order valence-electron chi connectivity index (χ4n) is 1.68. The van der Waals surface area contributed by atoms with E-state index < -0.39 is 0 Å². The number of nitrogen functional groups attached to an aromatic ring is 1. The maximum Gasteiger partial charge on any atom is 0.123 e. The highest BCUT2D eigenvalue weighted by atomic mass is 32.1. The molecule has 17 heavy (non-hydrogen) atoms. The highest BCUT2D eigenvalue weighted by Gasteiger charge is 2.05. The topological polar surface area (TPSA) is 55.0 Å². The van der Waals surface area contributed by atoms with E-state index in [1.54, 1.807) is 17.4 Å². The Morgan fingerprint density at radius 3 is 2.65 bits per heavy atom. The first-order valence-electron chi connectivity index (χ1n) is 5.44. The highest BCUT2D eigenvalue weighted by molar-refractivity contribution is 7.09. The van der Waals surface area contributed by atoms with E-state index in [1.807, 2.05) is 19.1 Å². The molecule has 0 bridgehead atoms. The number of aromatic nitrogens is 2. The zero-order valence-corrected chi connectivity index (χ0v) is 10.9. The van der Waals surface area contributed by atoms with Gasteiger partial charge in [0, 0.05) is 18.5 Å². The molecule has 0 aromatic carbocycles. The summed E-state index contributed by atoms with van der Waals surface area (Å²) in [7, 11) is 2.06. The van der Waals surface area contributed by atoms with Crippen LogP contribution in [0.3, 0.4) is 0 Å². The molecule has 2 rings (SSSR count). The van der Waals surface area contributed by atoms with Crippen LogP contribution < -0.4 is 5.73 Å². The molecule has 0 aliphatic heterocycles. The second-order valence-corrected chi connectivity index (χ2v) is 5.15. The zero-order valence-electron chi connectivity index (χ0n) is 10.1. The molecule has 0 aliphatic carbocycles. The summed E-state index contributed by atoms with van der Waals surface area (Å²) in [6.45, 7) is 3.63. The Kier molecular flexibility index (Phi) is 3.71. The van der Waals surface area contributed by atoms with Crippen LogP contribution in [-0.4, -0.2) is 21.9 Å². The molecule has 0 radical (unpaired) electrons. The summed E-state index contributed by atoms with van der Waals surface area (Å²) in [6.07, 6.45) is 0. The third-order valence-electron chi connectivity index (χ3n) is 2.36. The van der Waals surface area contributed by atoms with Crippen LogP contribution in [0.5, 0.6) is 0 Å². The van der Waals surface area contributed by atoms with Crippen LogP contribution in [0.15, 0.2) is 23.6 Å². The normalized spacial score (nSPS) is 11.0. The van der Waals surface area contributed by atoms with E-state index in [9.17, 15) is 0 Å². The Morgan fingerprint density at radius 1 is 1.24 bits per heavy atom. The second-order valence-electron chi connectivity index (χ2n) is 4.08. The summed E-state index contributed by atoms with van der Waals surface area (Å²) in [6, 6.07) is 5.71. The van der Waals surface area contributed by atoms with Gasteiger partial charge in [-0.2, -0.15) is 0 Å². The van der Waals surface area contributed by atoms with Crippen LogP contribution in [0, 0.1) is 6.92 Å². The lowest BCUT2D eigenvalue weighted by molar-refractivity contribution is 0.312. The molecule has 2 aromatic rings. The van der Waals surface area contributed by atoms with Crippen molar-refractivity contribution in [1.29, 1.82) is 0 Å². The van der Waals surface area contributed by atoms with E-state index in [-0.39, 0.29) is 0 Å². The number of pyridine rings is 1. The Labute approximate surface area is 105 Å². The van der Waals surface area contributed by atoms with Crippen molar-refractivity contribution in [1.82, 2.24) is 14.9 Å². The first-order valence-corrected chi connectivity index (χ1v) is 6.32. The fraction of sp³-hybridized carbons (Fsp3) is 0.333. The van der Waals surface area contributed by atoms with Gasteiger partial charge in [0.25, 0.3) is 0 Å². The minimum Gasteiger partial charge on any atom is -0.384 e. The highest BCUT2D eigenvalue weighted by Crippen LogP contribution is 2.11. The van der Waals surface area contributed by atoms with Crippen molar-refractivity contribution in [3.63, 3.8) is 0 Å². The molecule has 2 heterocycles. The lowest BCUT2D eigenvalue weighted by Gasteiger charge is -2.14. The fourth-order valence-corrected chi connectivity index (χ4v) is 2.28. The average molecular weight is 248 g/mol. The molecule has 0 amide bonds. The van der Waals surface area contributed by atoms with E-state index in [4.69, 9.17) is 5.73 Å². The van der Waals surface area contributed by atoms with Crippen LogP contribution in [0.1, 0.15) is 16.4 Å². The van der Waals surface area contributed by atoms with Gasteiger partial charge in [-0.25, -0.2) is 9.97 Å². The molecule has 90 valence electrons. The van der Waals surface area contributed by atoms with Crippen LogP contribution in [-0.2, 0) is 13.1 Å². The predicted octanol–water partition coefficient (Wildman–Crippen LogP) is 2.06. The number of rotatable bonds is 4. The molecule has 4 nitrogen and oxygen atoms in total. The maximum absolute atomic E-state index is 5.65. The number of nitrogens with two attached hydrogens (primary N) is 1. The molecule has 0 saturated carbocycles. The zero-order chi connectivity index (χ0) is 12.3. The van der Waals surface area contributed by atoms with Gasteiger partial charge in [0.2, 0.25) is 0 Å². The van der Waals surface area contributed by atoms with Crippen molar-refractivity contribution in [2.75, 3.05) is 12.8 Å². The molecule has 0 saturated heterocycles. The van der Waals surface area contributed by atoms with Gasteiger partial charge >= 0.3 is 0 Å². The van der Waals surface area contributed by atoms with Crippen molar-refractivity contribution in [3.05, 3.63) is 40.0 Å². The molecule has 2 aromatic heterocycles. The monoisotopic (exact) mass is 248 g/mol. The minimum atomic E-state index is 0.570. The van der Waals surface area contributed by atoms with E-state index in [0.29, 0.717) is 5.82 Å². The number of hydrogen-bond acceptors (Lipinski definition) is 5. The van der Waals surface area contributed by atoms with Crippen LogP contribution in [0.4, 0.5) is 5.82 Å². The summed E-state index contributed by atoms with van der Waals surface area (Å²) in [5.74, 6) is 0.570. The molecule has 0 unspecified atom stereocenters. The molecule has 2 N–H and O–H groups in total. The first-order chi connectivity index (χ1) is 8.13. The Hall–Kier alpha value is -1.46. The van der Waals surface area contributed by atoms with E-state index >= 15 is 0 Å². The third-order valence-corrected chi connectivity index (χ3v) is 3.18. The van der Waals surface area contributed by atoms with Gasteiger partial charge in [0.15, 0.2) is 0 Å². The van der Waals surface area contributed by atoms with Crippen molar-refractivity contribution in [2.24, 2.45) is 0 Å². The summed E-state index contributed by atoms with van der Waals surface area (Å²) in [4.78, 5) is 10.9. The van der Waals surface area contributed by atoms with Gasteiger partial charge in [0.05, 0.1) is 16.4 Å². The molecule has 0 fully saturated rings. The Bertz CT molecular complexity index is 495. The van der Waals surface area contributed by atoms with Crippen LogP contribution >= 0.6 is 11.3 Å². The lowest BCUT2D eigenvalue weighted by atomic mass is 10.3. The minimum absolute atomic E-state index is 0.570. The maximum atomic E-state index is 5.65. The molecule has 5 heteroatoms. The molecular weight excluding hydrogens is 232 g/mol. The molecule has 0 aliphatic rings. The van der Waals surface area contributed by atoms with Crippen molar-refractivity contribution in [2.45, 2.75) is 20.0 Å². The number of nitrogens with zero attached hydrogens (tertiary/aromatic N) is 3. The molecular formula is C12H16N4S. The van der Waals surface area contributed by atoms with Crippen molar-refractivity contribution >= 4 is 17.2 Å². The SMILES string of the molecule is Cc1nc(CN(C)Cc2cccc(N)n2)cs1. The summed E-state index contributed by atoms with van der Waals surface area (Å²) < 4.78 is 0. The Balaban J connectivity index is 1.95. The number of anilines is 1. The van der Waals surface area contributed by atoms with Crippen molar-refractivity contribution < 1.29 is 0 Å². The number of hydrogen-bond donors (Lipinski definition) is 1. The number of thiazole rings is 1. The standard InChI is InChI=1S/C12H16N4S/c1-9-14-11(8-17-9)7-16(2)6-10-4-3-5-12(13)15-10/h3-5,8H,6-7H2,1-2H3,(H2,13,15). The lowest BCUT2D eigenvalue weighted by Crippen LogP contribution is -2.18. The number of aryl methyl sites for hydroxylation is 1. The average Bonchev–Trinajstić information content (AvgIpc) is 2.63. The Morgan fingerprint density at radius 2 is 2.00 bits per heavy atom. The van der Waals surface area contributed by atoms with Crippen molar-refractivity contribution in [3.8, 4) is 0 Å². The van der Waals surface area contributed by atoms with Gasteiger partial charge in [-0.15, -0.1) is 11.3 Å². The first kappa shape index (κ1) is 12.0. The van der Waals surface area contributed by atoms with E-state index in [2.05, 4.69) is 27.3 Å². The van der Waals surface area contributed by atoms with E-state index in [1.165, 1.54) is 0 Å². The van der Waals surface area contributed by atoms with Gasteiger partial charge in [-0.3, -0.25) is 4.90 Å². The largest absolute Gasteiger partial charge is 0.384 e. The van der Waals surface area contributed by atoms with Gasteiger partial charge in [0.1, 0.15) is 5.82 Å². The summed E-state index contributed by atoms with van der Waals surface area (Å²) in [5, 5.41) is 3.20. The van der Waals surface area contributed by atoms with Gasteiger partial charge in [-0.05, 0) is 26.1 Å². The summed E-state index contributed by atoms with van der Waals surface area (Å²) in [5.41, 5.74) is 7.75. The molecule has 0 atom stereocenters. The van der Waals surface area contributed by atoms with E-state index in [0.717, 1.165) is 29.5 Å². The van der Waals surface area contributed by atoms with Crippen LogP contribution in [0.2, 0.25) is 0 Å². The quantitative estimate of drug-likeness (QED) is 0.900. The van der Waals surface area contributed by atoms with Gasteiger partial charge in [-0.1, -0.05) is 6.07 Å². The smallest absolute Gasteiger partial charge is 0.123 e.